The molecule has 0 fully saturated rings. The van der Waals surface area contributed by atoms with Crippen molar-refractivity contribution in [3.63, 3.8) is 0 Å². The van der Waals surface area contributed by atoms with E-state index in [4.69, 9.17) is 17.2 Å². The predicted octanol–water partition coefficient (Wildman–Crippen LogP) is 1.31. The van der Waals surface area contributed by atoms with E-state index in [9.17, 15) is 24.0 Å². The van der Waals surface area contributed by atoms with Gasteiger partial charge in [0.2, 0.25) is 29.5 Å². The summed E-state index contributed by atoms with van der Waals surface area (Å²) in [6.07, 6.45) is 1.36. The molecule has 1 aromatic heterocycles. The average molecular weight is 746 g/mol. The molecule has 0 aliphatic heterocycles. The van der Waals surface area contributed by atoms with Gasteiger partial charge in [-0.2, -0.15) is 0 Å². The second kappa shape index (κ2) is 20.4. The lowest BCUT2D eigenvalue weighted by Gasteiger charge is -2.29. The minimum Gasteiger partial charge on any atom is -0.370 e. The van der Waals surface area contributed by atoms with Gasteiger partial charge in [-0.15, -0.1) is 5.10 Å². The molecular weight excluding hydrogens is 690 g/mol. The molecule has 1 heterocycles. The molecule has 0 radical (unpaired) electrons. The van der Waals surface area contributed by atoms with Crippen LogP contribution in [0.3, 0.4) is 0 Å². The highest BCUT2D eigenvalue weighted by Gasteiger charge is 2.34. The number of aliphatic imine (C=N–C) groups is 1. The Kier molecular flexibility index (Phi) is 16.1. The lowest BCUT2D eigenvalue weighted by atomic mass is 9.95. The number of benzene rings is 2. The number of nitrogens with two attached hydrogens (primary N) is 3. The number of carbonyl (C=O) groups excluding carboxylic acids is 5. The van der Waals surface area contributed by atoms with Gasteiger partial charge in [0.15, 0.2) is 5.96 Å². The number of hydrogen-bond acceptors (Lipinski definition) is 8. The number of carbonyl (C=O) groups is 5. The standard InChI is InChI=1S/C38H55N11O5/c1-7-24(5)31(36(53)45-29(32(39)50)21-26-14-9-8-10-15-26)47-35(52)30(19-22(2)3)46-34(51)28(17-12-18-42-38(40)41)44-37(54)33-43-25(6)49(48-33)27-16-11-13-23(4)20-27/h8-11,13-16,20,22,24,28-31H,7,12,17-19,21H2,1-6H3,(H2,39,50)(H,44,54)(H,45,53)(H,46,51)(H,47,52)(H4,40,41,42)/t24-,28-,29-,30-,31-/m0/s1. The third-order valence-corrected chi connectivity index (χ3v) is 8.86. The van der Waals surface area contributed by atoms with Crippen LogP contribution in [0.1, 0.15) is 80.9 Å². The topological polar surface area (TPSA) is 255 Å². The molecule has 292 valence electrons. The zero-order valence-electron chi connectivity index (χ0n) is 32.0. The number of nitrogens with one attached hydrogen (secondary N) is 4. The van der Waals surface area contributed by atoms with Crippen LogP contribution in [0.4, 0.5) is 0 Å². The SMILES string of the molecule is CC[C@H](C)[C@H](NC(=O)[C@H](CC(C)C)NC(=O)[C@H](CCCN=C(N)N)NC(=O)c1nc(C)n(-c2cccc(C)c2)n1)C(=O)N[C@@H](Cc1ccccc1)C(N)=O. The normalized spacial score (nSPS) is 13.8. The van der Waals surface area contributed by atoms with Crippen LogP contribution >= 0.6 is 0 Å². The number of amides is 5. The highest BCUT2D eigenvalue weighted by Crippen LogP contribution is 2.14. The van der Waals surface area contributed by atoms with Crippen LogP contribution in [-0.4, -0.2) is 81.0 Å². The van der Waals surface area contributed by atoms with Crippen molar-refractivity contribution >= 4 is 35.5 Å². The number of primary amides is 1. The Bertz CT molecular complexity index is 1770. The molecule has 16 nitrogen and oxygen atoms in total. The summed E-state index contributed by atoms with van der Waals surface area (Å²) < 4.78 is 1.54. The van der Waals surface area contributed by atoms with E-state index in [0.29, 0.717) is 18.7 Å². The summed E-state index contributed by atoms with van der Waals surface area (Å²) in [6, 6.07) is 12.4. The van der Waals surface area contributed by atoms with Crippen LogP contribution in [0.5, 0.6) is 0 Å². The van der Waals surface area contributed by atoms with Gasteiger partial charge in [-0.1, -0.05) is 76.6 Å². The summed E-state index contributed by atoms with van der Waals surface area (Å²) in [7, 11) is 0. The summed E-state index contributed by atoms with van der Waals surface area (Å²) >= 11 is 0. The van der Waals surface area contributed by atoms with Crippen LogP contribution in [0.25, 0.3) is 5.69 Å². The average Bonchev–Trinajstić information content (AvgIpc) is 3.52. The number of nitrogens with zero attached hydrogens (tertiary/aromatic N) is 4. The Balaban J connectivity index is 1.82. The fourth-order valence-electron chi connectivity index (χ4n) is 5.75. The number of hydrogen-bond donors (Lipinski definition) is 7. The van der Waals surface area contributed by atoms with Crippen molar-refractivity contribution < 1.29 is 24.0 Å². The smallest absolute Gasteiger partial charge is 0.291 e. The van der Waals surface area contributed by atoms with Gasteiger partial charge >= 0.3 is 0 Å². The molecule has 0 aliphatic rings. The molecule has 0 unspecified atom stereocenters. The largest absolute Gasteiger partial charge is 0.370 e. The second-order valence-electron chi connectivity index (χ2n) is 13.9. The molecule has 0 saturated heterocycles. The quantitative estimate of drug-likeness (QED) is 0.0499. The van der Waals surface area contributed by atoms with Gasteiger partial charge in [0.05, 0.1) is 5.69 Å². The third-order valence-electron chi connectivity index (χ3n) is 8.86. The molecule has 5 amide bonds. The fourth-order valence-corrected chi connectivity index (χ4v) is 5.75. The van der Waals surface area contributed by atoms with Crippen molar-refractivity contribution in [2.75, 3.05) is 6.54 Å². The van der Waals surface area contributed by atoms with E-state index in [1.54, 1.807) is 13.8 Å². The third kappa shape index (κ3) is 13.0. The maximum Gasteiger partial charge on any atom is 0.291 e. The fraction of sp³-hybridized carbons (Fsp3) is 0.474. The molecule has 0 bridgehead atoms. The second-order valence-corrected chi connectivity index (χ2v) is 13.9. The first kappa shape index (κ1) is 42.6. The van der Waals surface area contributed by atoms with Gasteiger partial charge < -0.3 is 38.5 Å². The maximum atomic E-state index is 13.9. The summed E-state index contributed by atoms with van der Waals surface area (Å²) in [5, 5.41) is 15.4. The Labute approximate surface area is 316 Å². The van der Waals surface area contributed by atoms with Gasteiger partial charge in [-0.25, -0.2) is 9.67 Å². The molecule has 0 aliphatic carbocycles. The van der Waals surface area contributed by atoms with E-state index in [1.807, 2.05) is 82.3 Å². The number of aryl methyl sites for hydroxylation is 2. The Morgan fingerprint density at radius 2 is 1.48 bits per heavy atom. The molecule has 0 saturated carbocycles. The zero-order chi connectivity index (χ0) is 39.9. The lowest BCUT2D eigenvalue weighted by molar-refractivity contribution is -0.134. The number of aromatic nitrogens is 3. The summed E-state index contributed by atoms with van der Waals surface area (Å²) in [5.74, 6) is -3.40. The van der Waals surface area contributed by atoms with Gasteiger partial charge in [0.1, 0.15) is 30.0 Å². The van der Waals surface area contributed by atoms with E-state index in [-0.39, 0.29) is 49.4 Å². The van der Waals surface area contributed by atoms with E-state index in [2.05, 4.69) is 36.3 Å². The first-order valence-electron chi connectivity index (χ1n) is 18.2. The Hall–Kier alpha value is -5.80. The molecule has 54 heavy (non-hydrogen) atoms. The highest BCUT2D eigenvalue weighted by atomic mass is 16.2. The summed E-state index contributed by atoms with van der Waals surface area (Å²) in [6.45, 7) is 11.3. The molecule has 2 aromatic carbocycles. The zero-order valence-corrected chi connectivity index (χ0v) is 32.0. The van der Waals surface area contributed by atoms with Gasteiger partial charge in [0.25, 0.3) is 5.91 Å². The lowest BCUT2D eigenvalue weighted by Crippen LogP contribution is -2.59. The van der Waals surface area contributed by atoms with E-state index in [1.165, 1.54) is 4.68 Å². The first-order valence-corrected chi connectivity index (χ1v) is 18.2. The number of guanidine groups is 1. The predicted molar refractivity (Wildman–Crippen MR) is 206 cm³/mol. The van der Waals surface area contributed by atoms with Crippen molar-refractivity contribution in [1.29, 1.82) is 0 Å². The van der Waals surface area contributed by atoms with Crippen LogP contribution in [0.15, 0.2) is 59.6 Å². The van der Waals surface area contributed by atoms with Crippen molar-refractivity contribution in [2.24, 2.45) is 34.0 Å². The monoisotopic (exact) mass is 745 g/mol. The van der Waals surface area contributed by atoms with E-state index >= 15 is 0 Å². The van der Waals surface area contributed by atoms with Crippen molar-refractivity contribution in [2.45, 2.75) is 97.8 Å². The van der Waals surface area contributed by atoms with Crippen LogP contribution in [0.2, 0.25) is 0 Å². The van der Waals surface area contributed by atoms with Gasteiger partial charge in [-0.3, -0.25) is 29.0 Å². The molecule has 3 rings (SSSR count). The minimum atomic E-state index is -1.12. The minimum absolute atomic E-state index is 0.0466. The van der Waals surface area contributed by atoms with E-state index in [0.717, 1.165) is 16.8 Å². The molecule has 5 atom stereocenters. The van der Waals surface area contributed by atoms with Crippen molar-refractivity contribution in [3.05, 3.63) is 77.4 Å². The summed E-state index contributed by atoms with van der Waals surface area (Å²) in [5.41, 5.74) is 19.1. The van der Waals surface area contributed by atoms with Crippen LogP contribution in [0, 0.1) is 25.7 Å². The molecule has 16 heteroatoms. The molecule has 0 spiro atoms. The van der Waals surface area contributed by atoms with Crippen molar-refractivity contribution in [3.8, 4) is 5.69 Å². The highest BCUT2D eigenvalue weighted by molar-refractivity contribution is 5.97. The Morgan fingerprint density at radius 1 is 0.815 bits per heavy atom. The van der Waals surface area contributed by atoms with Crippen molar-refractivity contribution in [1.82, 2.24) is 36.0 Å². The van der Waals surface area contributed by atoms with Gasteiger partial charge in [0, 0.05) is 13.0 Å². The first-order chi connectivity index (χ1) is 25.6. The maximum absolute atomic E-state index is 13.9. The van der Waals surface area contributed by atoms with Crippen LogP contribution in [-0.2, 0) is 25.6 Å². The molecule has 3 aromatic rings. The number of rotatable bonds is 20. The molecule has 10 N–H and O–H groups in total. The molecular formula is C38H55N11O5. The van der Waals surface area contributed by atoms with Gasteiger partial charge in [-0.05, 0) is 68.2 Å². The summed E-state index contributed by atoms with van der Waals surface area (Å²) in [4.78, 5) is 75.6. The van der Waals surface area contributed by atoms with E-state index < -0.39 is 53.7 Å². The van der Waals surface area contributed by atoms with Crippen LogP contribution < -0.4 is 38.5 Å². The Morgan fingerprint density at radius 3 is 2.09 bits per heavy atom.